The van der Waals surface area contributed by atoms with Crippen molar-refractivity contribution in [3.63, 3.8) is 0 Å². The molecular formula is C28H24BrN5O5. The Morgan fingerprint density at radius 3 is 2.31 bits per heavy atom. The third kappa shape index (κ3) is 5.21. The van der Waals surface area contributed by atoms with Crippen molar-refractivity contribution in [3.05, 3.63) is 87.3 Å². The highest BCUT2D eigenvalue weighted by atomic mass is 79.9. The molecule has 0 unspecified atom stereocenters. The van der Waals surface area contributed by atoms with E-state index in [4.69, 9.17) is 19.9 Å². The topological polar surface area (TPSA) is 142 Å². The second-order valence-corrected chi connectivity index (χ2v) is 10.00. The van der Waals surface area contributed by atoms with E-state index < -0.39 is 30.4 Å². The highest BCUT2D eigenvalue weighted by molar-refractivity contribution is 9.10. The van der Waals surface area contributed by atoms with Crippen molar-refractivity contribution in [3.8, 4) is 6.07 Å². The zero-order valence-electron chi connectivity index (χ0n) is 21.1. The van der Waals surface area contributed by atoms with Gasteiger partial charge in [0, 0.05) is 6.42 Å². The minimum absolute atomic E-state index is 0.153. The molecule has 2 aromatic heterocycles. The van der Waals surface area contributed by atoms with Gasteiger partial charge in [0.2, 0.25) is 0 Å². The van der Waals surface area contributed by atoms with Crippen LogP contribution in [0.15, 0.2) is 59.5 Å². The van der Waals surface area contributed by atoms with Gasteiger partial charge in [0.1, 0.15) is 53.5 Å². The van der Waals surface area contributed by atoms with Gasteiger partial charge in [0.05, 0.1) is 22.1 Å². The van der Waals surface area contributed by atoms with Crippen LogP contribution in [0.1, 0.15) is 50.1 Å². The molecule has 39 heavy (non-hydrogen) atoms. The van der Waals surface area contributed by atoms with Crippen LogP contribution < -0.4 is 5.73 Å². The Balaban J connectivity index is 1.43. The van der Waals surface area contributed by atoms with Crippen LogP contribution >= 0.6 is 15.9 Å². The maximum Gasteiger partial charge on any atom is 0.338 e. The molecule has 1 saturated heterocycles. The van der Waals surface area contributed by atoms with Gasteiger partial charge in [-0.2, -0.15) is 5.26 Å². The lowest BCUT2D eigenvalue weighted by Crippen LogP contribution is -2.32. The molecule has 3 heterocycles. The molecule has 0 spiro atoms. The smallest absolute Gasteiger partial charge is 0.338 e. The number of rotatable bonds is 6. The molecule has 5 rings (SSSR count). The summed E-state index contributed by atoms with van der Waals surface area (Å²) in [6, 6.07) is 16.1. The molecule has 198 valence electrons. The number of carbonyl (C=O) groups excluding carboxylic acids is 2. The van der Waals surface area contributed by atoms with Gasteiger partial charge >= 0.3 is 11.9 Å². The number of nitrogens with two attached hydrogens (primary N) is 1. The molecule has 10 nitrogen and oxygen atoms in total. The number of anilines is 1. The standard InChI is InChI=1S/C28H24BrN5O5/c1-15-3-7-17(8-4-15)27(35)37-13-21-20(39-28(36)18-9-5-16(2)6-10-18)11-22(38-21)34-24(29)19(12-30)23-25(31)32-14-33-26(23)34/h3-10,14,20-22H,11,13H2,1-2H3,(H2,31,32,33)/t20-,21+,22+/m0/s1. The summed E-state index contributed by atoms with van der Waals surface area (Å²) >= 11 is 3.48. The van der Waals surface area contributed by atoms with E-state index in [1.54, 1.807) is 28.8 Å². The fraction of sp³-hybridized carbons (Fsp3) is 0.250. The van der Waals surface area contributed by atoms with Crippen molar-refractivity contribution in [2.75, 3.05) is 12.3 Å². The number of hydrogen-bond donors (Lipinski definition) is 1. The minimum Gasteiger partial charge on any atom is -0.459 e. The molecule has 0 bridgehead atoms. The fourth-order valence-corrected chi connectivity index (χ4v) is 5.13. The van der Waals surface area contributed by atoms with E-state index in [0.717, 1.165) is 11.1 Å². The van der Waals surface area contributed by atoms with E-state index in [9.17, 15) is 14.9 Å². The summed E-state index contributed by atoms with van der Waals surface area (Å²) in [5.74, 6) is -0.898. The predicted molar refractivity (Wildman–Crippen MR) is 145 cm³/mol. The number of fused-ring (bicyclic) bond motifs is 1. The Morgan fingerprint density at radius 2 is 1.69 bits per heavy atom. The number of aryl methyl sites for hydroxylation is 2. The van der Waals surface area contributed by atoms with E-state index in [1.165, 1.54) is 6.33 Å². The van der Waals surface area contributed by atoms with Crippen molar-refractivity contribution in [2.45, 2.75) is 38.7 Å². The van der Waals surface area contributed by atoms with Gasteiger partial charge in [-0.15, -0.1) is 0 Å². The van der Waals surface area contributed by atoms with Crippen molar-refractivity contribution >= 4 is 44.7 Å². The van der Waals surface area contributed by atoms with Crippen LogP contribution in [0.2, 0.25) is 0 Å². The number of ether oxygens (including phenoxy) is 3. The van der Waals surface area contributed by atoms with E-state index in [2.05, 4.69) is 32.0 Å². The highest BCUT2D eigenvalue weighted by Gasteiger charge is 2.42. The Labute approximate surface area is 232 Å². The summed E-state index contributed by atoms with van der Waals surface area (Å²) in [6.07, 6.45) is -0.748. The highest BCUT2D eigenvalue weighted by Crippen LogP contribution is 2.40. The molecule has 2 aromatic carbocycles. The first-order valence-corrected chi connectivity index (χ1v) is 12.9. The van der Waals surface area contributed by atoms with Gasteiger partial charge in [-0.1, -0.05) is 35.4 Å². The molecule has 1 fully saturated rings. The molecular weight excluding hydrogens is 566 g/mol. The first kappa shape index (κ1) is 26.3. The quantitative estimate of drug-likeness (QED) is 0.318. The van der Waals surface area contributed by atoms with E-state index in [1.807, 2.05) is 38.1 Å². The van der Waals surface area contributed by atoms with Gasteiger partial charge in [-0.25, -0.2) is 19.6 Å². The predicted octanol–water partition coefficient (Wildman–Crippen LogP) is 4.63. The van der Waals surface area contributed by atoms with E-state index in [-0.39, 0.29) is 24.4 Å². The summed E-state index contributed by atoms with van der Waals surface area (Å²) in [5, 5.41) is 10.2. The van der Waals surface area contributed by atoms with Crippen LogP contribution in [0.5, 0.6) is 0 Å². The van der Waals surface area contributed by atoms with Crippen molar-refractivity contribution in [2.24, 2.45) is 0 Å². The maximum atomic E-state index is 13.0. The van der Waals surface area contributed by atoms with Gasteiger partial charge < -0.3 is 19.9 Å². The Kier molecular flexibility index (Phi) is 7.32. The minimum atomic E-state index is -0.784. The Bertz CT molecular complexity index is 1590. The average molecular weight is 590 g/mol. The largest absolute Gasteiger partial charge is 0.459 e. The molecule has 3 atom stereocenters. The van der Waals surface area contributed by atoms with Crippen molar-refractivity contribution in [1.29, 1.82) is 5.26 Å². The number of nitrogens with zero attached hydrogens (tertiary/aromatic N) is 4. The number of esters is 2. The van der Waals surface area contributed by atoms with Gasteiger partial charge in [0.15, 0.2) is 0 Å². The molecule has 4 aromatic rings. The summed E-state index contributed by atoms with van der Waals surface area (Å²) in [6.45, 7) is 3.69. The molecule has 0 saturated carbocycles. The molecule has 0 amide bonds. The fourth-order valence-electron chi connectivity index (χ4n) is 4.45. The maximum absolute atomic E-state index is 13.0. The molecule has 1 aliphatic heterocycles. The molecule has 0 radical (unpaired) electrons. The first-order valence-electron chi connectivity index (χ1n) is 12.1. The van der Waals surface area contributed by atoms with E-state index >= 15 is 0 Å². The van der Waals surface area contributed by atoms with Crippen LogP contribution in [0.3, 0.4) is 0 Å². The lowest BCUT2D eigenvalue weighted by molar-refractivity contribution is -0.0566. The number of halogens is 1. The summed E-state index contributed by atoms with van der Waals surface area (Å²) in [7, 11) is 0. The zero-order valence-corrected chi connectivity index (χ0v) is 22.7. The number of hydrogen-bond acceptors (Lipinski definition) is 9. The van der Waals surface area contributed by atoms with Gasteiger partial charge in [0.25, 0.3) is 0 Å². The van der Waals surface area contributed by atoms with Crippen LogP contribution in [-0.4, -0.2) is 45.3 Å². The second kappa shape index (κ2) is 10.8. The van der Waals surface area contributed by atoms with Crippen LogP contribution in [0.4, 0.5) is 5.82 Å². The number of benzene rings is 2. The van der Waals surface area contributed by atoms with Crippen LogP contribution in [-0.2, 0) is 14.2 Å². The monoisotopic (exact) mass is 589 g/mol. The second-order valence-electron chi connectivity index (χ2n) is 9.24. The van der Waals surface area contributed by atoms with Crippen molar-refractivity contribution < 1.29 is 23.8 Å². The number of aromatic nitrogens is 3. The third-order valence-corrected chi connectivity index (χ3v) is 7.32. The Morgan fingerprint density at radius 1 is 1.08 bits per heavy atom. The van der Waals surface area contributed by atoms with Crippen LogP contribution in [0.25, 0.3) is 11.0 Å². The third-order valence-electron chi connectivity index (χ3n) is 6.54. The lowest BCUT2D eigenvalue weighted by Gasteiger charge is -2.19. The summed E-state index contributed by atoms with van der Waals surface area (Å²) in [4.78, 5) is 34.0. The molecule has 11 heteroatoms. The Hall–Kier alpha value is -4.27. The lowest BCUT2D eigenvalue weighted by atomic mass is 10.1. The summed E-state index contributed by atoms with van der Waals surface area (Å²) < 4.78 is 19.8. The van der Waals surface area contributed by atoms with Gasteiger partial charge in [-0.05, 0) is 54.0 Å². The average Bonchev–Trinajstić information content (AvgIpc) is 3.45. The van der Waals surface area contributed by atoms with E-state index in [0.29, 0.717) is 26.8 Å². The van der Waals surface area contributed by atoms with Crippen molar-refractivity contribution in [1.82, 2.24) is 14.5 Å². The van der Waals surface area contributed by atoms with Gasteiger partial charge in [-0.3, -0.25) is 4.57 Å². The number of carbonyl (C=O) groups is 2. The zero-order chi connectivity index (χ0) is 27.7. The normalized spacial score (nSPS) is 18.6. The number of nitrogen functional groups attached to an aromatic ring is 1. The first-order chi connectivity index (χ1) is 18.8. The number of nitriles is 1. The SMILES string of the molecule is Cc1ccc(C(=O)OC[C@H]2O[C@@H](n3c(Br)c(C#N)c4c(N)ncnc43)C[C@@H]2OC(=O)c2ccc(C)cc2)cc1. The van der Waals surface area contributed by atoms with Crippen LogP contribution in [0, 0.1) is 25.2 Å². The molecule has 1 aliphatic rings. The molecule has 2 N–H and O–H groups in total. The summed E-state index contributed by atoms with van der Waals surface area (Å²) in [5.41, 5.74) is 9.51. The molecule has 0 aliphatic carbocycles.